The molecule has 2 amide bonds. The van der Waals surface area contributed by atoms with Crippen LogP contribution in [-0.4, -0.2) is 70.4 Å². The topological polar surface area (TPSA) is 103 Å². The lowest BCUT2D eigenvalue weighted by Crippen LogP contribution is -2.50. The Bertz CT molecular complexity index is 831. The highest BCUT2D eigenvalue weighted by Crippen LogP contribution is 2.08. The van der Waals surface area contributed by atoms with Crippen molar-refractivity contribution in [3.63, 3.8) is 0 Å². The smallest absolute Gasteiger partial charge is 0.337 e. The summed E-state index contributed by atoms with van der Waals surface area (Å²) in [6, 6.07) is 12.8. The molecule has 0 aliphatic carbocycles. The quantitative estimate of drug-likeness (QED) is 0.768. The standard InChI is InChI=1S/C20H22N4O4/c25-18(13-22-19(26)17-7-6-16(12-21-17)20(27)28)24-10-8-23(9-11-24)14-15-4-2-1-3-5-15/h1-7,12H,8-11,13-14H2,(H,22,26)(H,27,28). The first kappa shape index (κ1) is 19.5. The maximum atomic E-state index is 12.3. The van der Waals surface area contributed by atoms with Crippen LogP contribution in [0.5, 0.6) is 0 Å². The first-order chi connectivity index (χ1) is 13.5. The molecule has 1 saturated heterocycles. The SMILES string of the molecule is O=C(O)c1ccc(C(=O)NCC(=O)N2CCN(Cc3ccccc3)CC2)nc1. The van der Waals surface area contributed by atoms with Crippen molar-refractivity contribution in [3.05, 3.63) is 65.5 Å². The van der Waals surface area contributed by atoms with Gasteiger partial charge in [0.25, 0.3) is 5.91 Å². The normalized spacial score (nSPS) is 14.5. The van der Waals surface area contributed by atoms with Crippen LogP contribution < -0.4 is 5.32 Å². The van der Waals surface area contributed by atoms with E-state index in [4.69, 9.17) is 5.11 Å². The third kappa shape index (κ3) is 5.14. The monoisotopic (exact) mass is 382 g/mol. The molecule has 0 unspecified atom stereocenters. The van der Waals surface area contributed by atoms with Gasteiger partial charge in [-0.05, 0) is 17.7 Å². The van der Waals surface area contributed by atoms with Crippen LogP contribution in [0.3, 0.4) is 0 Å². The Morgan fingerprint density at radius 3 is 2.32 bits per heavy atom. The summed E-state index contributed by atoms with van der Waals surface area (Å²) < 4.78 is 0. The van der Waals surface area contributed by atoms with Crippen molar-refractivity contribution in [1.82, 2.24) is 20.1 Å². The van der Waals surface area contributed by atoms with E-state index in [2.05, 4.69) is 27.3 Å². The van der Waals surface area contributed by atoms with Gasteiger partial charge < -0.3 is 15.3 Å². The number of aromatic nitrogens is 1. The average molecular weight is 382 g/mol. The first-order valence-corrected chi connectivity index (χ1v) is 9.04. The van der Waals surface area contributed by atoms with Gasteiger partial charge in [0.2, 0.25) is 5.91 Å². The molecule has 2 heterocycles. The van der Waals surface area contributed by atoms with Crippen molar-refractivity contribution in [1.29, 1.82) is 0 Å². The van der Waals surface area contributed by atoms with Crippen LogP contribution in [-0.2, 0) is 11.3 Å². The molecular formula is C20H22N4O4. The van der Waals surface area contributed by atoms with Gasteiger partial charge >= 0.3 is 5.97 Å². The Kier molecular flexibility index (Phi) is 6.33. The lowest BCUT2D eigenvalue weighted by molar-refractivity contribution is -0.131. The Balaban J connectivity index is 1.43. The molecule has 0 radical (unpaired) electrons. The van der Waals surface area contributed by atoms with E-state index in [0.29, 0.717) is 13.1 Å². The fraction of sp³-hybridized carbons (Fsp3) is 0.300. The van der Waals surface area contributed by atoms with E-state index in [9.17, 15) is 14.4 Å². The summed E-state index contributed by atoms with van der Waals surface area (Å²) >= 11 is 0. The molecule has 8 nitrogen and oxygen atoms in total. The van der Waals surface area contributed by atoms with E-state index < -0.39 is 11.9 Å². The Labute approximate surface area is 162 Å². The highest BCUT2D eigenvalue weighted by Gasteiger charge is 2.21. The van der Waals surface area contributed by atoms with Crippen LogP contribution >= 0.6 is 0 Å². The molecule has 0 atom stereocenters. The number of nitrogens with zero attached hydrogens (tertiary/aromatic N) is 3. The van der Waals surface area contributed by atoms with Gasteiger partial charge in [0.05, 0.1) is 12.1 Å². The summed E-state index contributed by atoms with van der Waals surface area (Å²) in [6.07, 6.45) is 1.12. The molecule has 0 bridgehead atoms. The van der Waals surface area contributed by atoms with Crippen LogP contribution in [0, 0.1) is 0 Å². The number of benzene rings is 1. The molecule has 0 spiro atoms. The lowest BCUT2D eigenvalue weighted by atomic mass is 10.2. The Morgan fingerprint density at radius 1 is 1.00 bits per heavy atom. The zero-order valence-corrected chi connectivity index (χ0v) is 15.4. The molecule has 1 fully saturated rings. The molecule has 0 saturated carbocycles. The molecule has 1 aliphatic heterocycles. The minimum Gasteiger partial charge on any atom is -0.478 e. The van der Waals surface area contributed by atoms with E-state index in [-0.39, 0.29) is 23.7 Å². The minimum absolute atomic E-state index is 0.000926. The van der Waals surface area contributed by atoms with Gasteiger partial charge in [0.15, 0.2) is 0 Å². The Morgan fingerprint density at radius 2 is 1.71 bits per heavy atom. The molecule has 28 heavy (non-hydrogen) atoms. The predicted octanol–water partition coefficient (Wildman–Crippen LogP) is 0.854. The molecular weight excluding hydrogens is 360 g/mol. The van der Waals surface area contributed by atoms with E-state index in [0.717, 1.165) is 25.8 Å². The number of amides is 2. The number of carboxylic acid groups (broad SMARTS) is 1. The van der Waals surface area contributed by atoms with Crippen LogP contribution in [0.15, 0.2) is 48.7 Å². The number of carbonyl (C=O) groups excluding carboxylic acids is 2. The maximum absolute atomic E-state index is 12.3. The van der Waals surface area contributed by atoms with Crippen molar-refractivity contribution < 1.29 is 19.5 Å². The summed E-state index contributed by atoms with van der Waals surface area (Å²) in [5.41, 5.74) is 1.32. The van der Waals surface area contributed by atoms with Crippen LogP contribution in [0.1, 0.15) is 26.4 Å². The molecule has 3 rings (SSSR count). The molecule has 1 aromatic heterocycles. The highest BCUT2D eigenvalue weighted by molar-refractivity contribution is 5.95. The lowest BCUT2D eigenvalue weighted by Gasteiger charge is -2.34. The van der Waals surface area contributed by atoms with E-state index in [1.165, 1.54) is 17.7 Å². The number of hydrogen-bond acceptors (Lipinski definition) is 5. The molecule has 2 aromatic rings. The van der Waals surface area contributed by atoms with Crippen LogP contribution in [0.4, 0.5) is 0 Å². The van der Waals surface area contributed by atoms with Gasteiger partial charge in [-0.2, -0.15) is 0 Å². The summed E-state index contributed by atoms with van der Waals surface area (Å²) in [7, 11) is 0. The molecule has 1 aromatic carbocycles. The van der Waals surface area contributed by atoms with Gasteiger partial charge in [0.1, 0.15) is 5.69 Å². The summed E-state index contributed by atoms with van der Waals surface area (Å²) in [5, 5.41) is 11.4. The third-order valence-electron chi connectivity index (χ3n) is 4.62. The number of nitrogens with one attached hydrogen (secondary N) is 1. The largest absolute Gasteiger partial charge is 0.478 e. The van der Waals surface area contributed by atoms with Crippen molar-refractivity contribution in [2.45, 2.75) is 6.54 Å². The highest BCUT2D eigenvalue weighted by atomic mass is 16.4. The van der Waals surface area contributed by atoms with Crippen molar-refractivity contribution in [2.75, 3.05) is 32.7 Å². The third-order valence-corrected chi connectivity index (χ3v) is 4.62. The van der Waals surface area contributed by atoms with Crippen molar-refractivity contribution >= 4 is 17.8 Å². The van der Waals surface area contributed by atoms with Gasteiger partial charge in [0, 0.05) is 38.9 Å². The van der Waals surface area contributed by atoms with Crippen LogP contribution in [0.2, 0.25) is 0 Å². The van der Waals surface area contributed by atoms with Crippen LogP contribution in [0.25, 0.3) is 0 Å². The second kappa shape index (κ2) is 9.09. The van der Waals surface area contributed by atoms with Crippen molar-refractivity contribution in [3.8, 4) is 0 Å². The molecule has 8 heteroatoms. The van der Waals surface area contributed by atoms with Gasteiger partial charge in [-0.1, -0.05) is 30.3 Å². The number of hydrogen-bond donors (Lipinski definition) is 2. The fourth-order valence-electron chi connectivity index (χ4n) is 3.01. The number of pyridine rings is 1. The zero-order chi connectivity index (χ0) is 19.9. The summed E-state index contributed by atoms with van der Waals surface area (Å²) in [4.78, 5) is 43.1. The molecule has 1 aliphatic rings. The second-order valence-corrected chi connectivity index (χ2v) is 6.56. The fourth-order valence-corrected chi connectivity index (χ4v) is 3.01. The van der Waals surface area contributed by atoms with E-state index >= 15 is 0 Å². The molecule has 146 valence electrons. The predicted molar refractivity (Wildman–Crippen MR) is 102 cm³/mol. The van der Waals surface area contributed by atoms with E-state index in [1.807, 2.05) is 18.2 Å². The first-order valence-electron chi connectivity index (χ1n) is 9.04. The number of rotatable bonds is 6. The van der Waals surface area contributed by atoms with Gasteiger partial charge in [-0.15, -0.1) is 0 Å². The maximum Gasteiger partial charge on any atom is 0.337 e. The summed E-state index contributed by atoms with van der Waals surface area (Å²) in [5.74, 6) is -1.76. The summed E-state index contributed by atoms with van der Waals surface area (Å²) in [6.45, 7) is 3.55. The Hall–Kier alpha value is -3.26. The number of piperazine rings is 1. The zero-order valence-electron chi connectivity index (χ0n) is 15.4. The van der Waals surface area contributed by atoms with Gasteiger partial charge in [-0.25, -0.2) is 4.79 Å². The number of aromatic carboxylic acids is 1. The number of carboxylic acids is 1. The average Bonchev–Trinajstić information content (AvgIpc) is 2.73. The van der Waals surface area contributed by atoms with E-state index in [1.54, 1.807) is 4.90 Å². The van der Waals surface area contributed by atoms with Crippen molar-refractivity contribution in [2.24, 2.45) is 0 Å². The second-order valence-electron chi connectivity index (χ2n) is 6.56. The molecule has 2 N–H and O–H groups in total. The number of carbonyl (C=O) groups is 3. The minimum atomic E-state index is -1.11. The van der Waals surface area contributed by atoms with Gasteiger partial charge in [-0.3, -0.25) is 19.5 Å².